The largest absolute Gasteiger partial charge is 0.422 e. The molecule has 1 aromatic carbocycles. The first kappa shape index (κ1) is 11.6. The van der Waals surface area contributed by atoms with E-state index < -0.39 is 40.7 Å². The van der Waals surface area contributed by atoms with E-state index in [0.717, 1.165) is 0 Å². The van der Waals surface area contributed by atoms with Crippen molar-refractivity contribution in [2.45, 2.75) is 6.18 Å². The predicted octanol–water partition coefficient (Wildman–Crippen LogP) is 2.84. The van der Waals surface area contributed by atoms with Crippen LogP contribution in [0.15, 0.2) is 0 Å². The molecule has 0 fully saturated rings. The second kappa shape index (κ2) is 3.28. The molecule has 0 saturated heterocycles. The van der Waals surface area contributed by atoms with Crippen LogP contribution in [0.4, 0.5) is 36.4 Å². The van der Waals surface area contributed by atoms with Crippen LogP contribution < -0.4 is 5.73 Å². The highest BCUT2D eigenvalue weighted by Crippen LogP contribution is 2.37. The Balaban J connectivity index is 3.68. The average Bonchev–Trinajstić information content (AvgIpc) is 2.09. The van der Waals surface area contributed by atoms with Crippen molar-refractivity contribution in [2.75, 3.05) is 5.73 Å². The lowest BCUT2D eigenvalue weighted by Gasteiger charge is -2.11. The summed E-state index contributed by atoms with van der Waals surface area (Å²) >= 11 is 0. The van der Waals surface area contributed by atoms with E-state index in [1.54, 1.807) is 0 Å². The van der Waals surface area contributed by atoms with Gasteiger partial charge in [-0.15, -0.1) is 0 Å². The first-order valence-corrected chi connectivity index (χ1v) is 3.36. The molecule has 0 aliphatic carbocycles. The number of nitrogens with two attached hydrogens (primary N) is 1. The Morgan fingerprint density at radius 2 is 1.20 bits per heavy atom. The second-order valence-electron chi connectivity index (χ2n) is 2.54. The van der Waals surface area contributed by atoms with Crippen LogP contribution in [0.1, 0.15) is 5.56 Å². The molecular formula is C7H2F7N. The van der Waals surface area contributed by atoms with Gasteiger partial charge in [0.25, 0.3) is 0 Å². The fraction of sp³-hybridized carbons (Fsp3) is 0.143. The van der Waals surface area contributed by atoms with Crippen LogP contribution in [0.5, 0.6) is 0 Å². The summed E-state index contributed by atoms with van der Waals surface area (Å²) in [5.41, 5.74) is 0.243. The topological polar surface area (TPSA) is 26.0 Å². The molecule has 0 spiro atoms. The van der Waals surface area contributed by atoms with Crippen LogP contribution in [0, 0.1) is 23.3 Å². The summed E-state index contributed by atoms with van der Waals surface area (Å²) in [4.78, 5) is 0. The number of hydrogen-bond donors (Lipinski definition) is 1. The van der Waals surface area contributed by atoms with Crippen LogP contribution in [0.3, 0.4) is 0 Å². The first-order chi connectivity index (χ1) is 6.68. The normalized spacial score (nSPS) is 11.9. The van der Waals surface area contributed by atoms with E-state index in [1.807, 2.05) is 0 Å². The molecule has 0 saturated carbocycles. The molecule has 0 heterocycles. The Bertz CT molecular complexity index is 380. The molecular weight excluding hydrogens is 231 g/mol. The monoisotopic (exact) mass is 233 g/mol. The van der Waals surface area contributed by atoms with E-state index >= 15 is 0 Å². The molecule has 0 atom stereocenters. The molecule has 0 aliphatic heterocycles. The van der Waals surface area contributed by atoms with Gasteiger partial charge in [-0.25, -0.2) is 17.6 Å². The highest BCUT2D eigenvalue weighted by atomic mass is 19.4. The number of benzene rings is 1. The number of halogens is 7. The molecule has 1 aromatic rings. The standard InChI is InChI=1S/C7H2F7N/c8-2-1(7(12,13)14)3(9)6(15)5(11)4(2)10/h15H2. The average molecular weight is 233 g/mol. The van der Waals surface area contributed by atoms with Gasteiger partial charge in [0.05, 0.1) is 0 Å². The van der Waals surface area contributed by atoms with Crippen molar-refractivity contribution in [1.29, 1.82) is 0 Å². The molecule has 15 heavy (non-hydrogen) atoms. The maximum atomic E-state index is 12.7. The zero-order chi connectivity index (χ0) is 12.0. The van der Waals surface area contributed by atoms with Crippen LogP contribution in [0.2, 0.25) is 0 Å². The van der Waals surface area contributed by atoms with Crippen molar-refractivity contribution in [1.82, 2.24) is 0 Å². The van der Waals surface area contributed by atoms with Crippen LogP contribution in [-0.2, 0) is 6.18 Å². The predicted molar refractivity (Wildman–Crippen MR) is 35.7 cm³/mol. The summed E-state index contributed by atoms with van der Waals surface area (Å²) in [6, 6.07) is 0. The van der Waals surface area contributed by atoms with Gasteiger partial charge in [0.1, 0.15) is 11.3 Å². The third-order valence-corrected chi connectivity index (χ3v) is 1.58. The molecule has 0 bridgehead atoms. The van der Waals surface area contributed by atoms with Gasteiger partial charge >= 0.3 is 6.18 Å². The summed E-state index contributed by atoms with van der Waals surface area (Å²) in [7, 11) is 0. The van der Waals surface area contributed by atoms with Crippen molar-refractivity contribution in [3.8, 4) is 0 Å². The number of rotatable bonds is 0. The van der Waals surface area contributed by atoms with E-state index in [2.05, 4.69) is 5.73 Å². The number of hydrogen-bond acceptors (Lipinski definition) is 1. The van der Waals surface area contributed by atoms with E-state index in [4.69, 9.17) is 0 Å². The van der Waals surface area contributed by atoms with Crippen molar-refractivity contribution < 1.29 is 30.7 Å². The van der Waals surface area contributed by atoms with Crippen molar-refractivity contribution in [2.24, 2.45) is 0 Å². The van der Waals surface area contributed by atoms with Gasteiger partial charge in [-0.2, -0.15) is 13.2 Å². The first-order valence-electron chi connectivity index (χ1n) is 3.36. The summed E-state index contributed by atoms with van der Waals surface area (Å²) in [6.07, 6.45) is -5.49. The van der Waals surface area contributed by atoms with Crippen molar-refractivity contribution in [3.05, 3.63) is 28.8 Å². The minimum absolute atomic E-state index is 1.71. The number of alkyl halides is 3. The molecule has 2 N–H and O–H groups in total. The van der Waals surface area contributed by atoms with Gasteiger partial charge in [0, 0.05) is 0 Å². The van der Waals surface area contributed by atoms with E-state index in [9.17, 15) is 30.7 Å². The quantitative estimate of drug-likeness (QED) is 0.317. The van der Waals surface area contributed by atoms with Gasteiger partial charge in [0.2, 0.25) is 0 Å². The molecule has 0 radical (unpaired) electrons. The molecule has 0 amide bonds. The Kier molecular flexibility index (Phi) is 2.54. The highest BCUT2D eigenvalue weighted by molar-refractivity contribution is 5.47. The van der Waals surface area contributed by atoms with Gasteiger partial charge in [-0.05, 0) is 0 Å². The van der Waals surface area contributed by atoms with E-state index in [-0.39, 0.29) is 0 Å². The van der Waals surface area contributed by atoms with E-state index in [1.165, 1.54) is 0 Å². The van der Waals surface area contributed by atoms with Crippen molar-refractivity contribution >= 4 is 5.69 Å². The molecule has 1 rings (SSSR count). The molecule has 1 nitrogen and oxygen atoms in total. The summed E-state index contributed by atoms with van der Waals surface area (Å²) < 4.78 is 86.1. The lowest BCUT2D eigenvalue weighted by Crippen LogP contribution is -2.16. The Morgan fingerprint density at radius 1 is 0.733 bits per heavy atom. The molecule has 8 heteroatoms. The number of anilines is 1. The zero-order valence-electron chi connectivity index (χ0n) is 6.72. The fourth-order valence-corrected chi connectivity index (χ4v) is 0.901. The summed E-state index contributed by atoms with van der Waals surface area (Å²) in [5, 5.41) is 0. The Morgan fingerprint density at radius 3 is 1.60 bits per heavy atom. The lowest BCUT2D eigenvalue weighted by atomic mass is 10.1. The van der Waals surface area contributed by atoms with Crippen LogP contribution in [-0.4, -0.2) is 0 Å². The Labute approximate surface area is 78.3 Å². The maximum absolute atomic E-state index is 12.7. The maximum Gasteiger partial charge on any atom is 0.422 e. The Hall–Kier alpha value is -1.47. The summed E-state index contributed by atoms with van der Waals surface area (Å²) in [6.45, 7) is 0. The van der Waals surface area contributed by atoms with Gasteiger partial charge in [-0.1, -0.05) is 0 Å². The zero-order valence-corrected chi connectivity index (χ0v) is 6.72. The fourth-order valence-electron chi connectivity index (χ4n) is 0.901. The molecule has 84 valence electrons. The third-order valence-electron chi connectivity index (χ3n) is 1.58. The van der Waals surface area contributed by atoms with Gasteiger partial charge < -0.3 is 5.73 Å². The highest BCUT2D eigenvalue weighted by Gasteiger charge is 2.41. The van der Waals surface area contributed by atoms with Gasteiger partial charge in [-0.3, -0.25) is 0 Å². The molecule has 0 aromatic heterocycles. The molecule has 0 aliphatic rings. The molecule has 0 unspecified atom stereocenters. The van der Waals surface area contributed by atoms with E-state index in [0.29, 0.717) is 0 Å². The minimum atomic E-state index is -5.49. The SMILES string of the molecule is Nc1c(F)c(F)c(F)c(C(F)(F)F)c1F. The third kappa shape index (κ3) is 1.71. The van der Waals surface area contributed by atoms with Crippen molar-refractivity contribution in [3.63, 3.8) is 0 Å². The lowest BCUT2D eigenvalue weighted by molar-refractivity contribution is -0.142. The van der Waals surface area contributed by atoms with Crippen LogP contribution in [0.25, 0.3) is 0 Å². The summed E-state index contributed by atoms with van der Waals surface area (Å²) in [5.74, 6) is -9.65. The second-order valence-corrected chi connectivity index (χ2v) is 2.54. The smallest absolute Gasteiger partial charge is 0.394 e. The van der Waals surface area contributed by atoms with Crippen LogP contribution >= 0.6 is 0 Å². The minimum Gasteiger partial charge on any atom is -0.394 e. The number of nitrogen functional groups attached to an aromatic ring is 1. The van der Waals surface area contributed by atoms with Gasteiger partial charge in [0.15, 0.2) is 23.3 Å².